The van der Waals surface area contributed by atoms with Gasteiger partial charge in [0.1, 0.15) is 11.6 Å². The van der Waals surface area contributed by atoms with Crippen molar-refractivity contribution in [2.24, 2.45) is 17.8 Å². The topological polar surface area (TPSA) is 108 Å². The summed E-state index contributed by atoms with van der Waals surface area (Å²) in [5.41, 5.74) is -0.951. The number of hydrogen-bond donors (Lipinski definition) is 3. The van der Waals surface area contributed by atoms with E-state index in [1.165, 1.54) is 6.42 Å². The number of aliphatic hydroxyl groups is 1. The second-order valence-corrected chi connectivity index (χ2v) is 12.1. The SMILES string of the molecule is CCCNC(=O)[C@H]1[C@H]2C(=O)N([C@@H](CO)Cc3ccccc3)C(C(=O)NC3CCCCC3)C23CC(C)[C@]1(C)O3. The maximum absolute atomic E-state index is 14.4. The van der Waals surface area contributed by atoms with Gasteiger partial charge in [-0.3, -0.25) is 14.4 Å². The zero-order chi connectivity index (χ0) is 27.1. The summed E-state index contributed by atoms with van der Waals surface area (Å²) in [5.74, 6) is -2.10. The van der Waals surface area contributed by atoms with E-state index in [2.05, 4.69) is 17.6 Å². The monoisotopic (exact) mass is 525 g/mol. The highest BCUT2D eigenvalue weighted by atomic mass is 16.5. The molecule has 8 nitrogen and oxygen atoms in total. The first-order valence-corrected chi connectivity index (χ1v) is 14.5. The molecular formula is C30H43N3O5. The van der Waals surface area contributed by atoms with Gasteiger partial charge in [-0.15, -0.1) is 0 Å². The first-order valence-electron chi connectivity index (χ1n) is 14.5. The highest BCUT2D eigenvalue weighted by Gasteiger charge is 2.80. The molecule has 1 aliphatic carbocycles. The summed E-state index contributed by atoms with van der Waals surface area (Å²) in [6.45, 7) is 6.23. The number of carbonyl (C=O) groups excluding carboxylic acids is 3. The van der Waals surface area contributed by atoms with Crippen molar-refractivity contribution in [2.75, 3.05) is 13.2 Å². The summed E-state index contributed by atoms with van der Waals surface area (Å²) < 4.78 is 6.80. The molecule has 1 aromatic carbocycles. The first-order chi connectivity index (χ1) is 18.3. The van der Waals surface area contributed by atoms with E-state index in [4.69, 9.17) is 4.74 Å². The van der Waals surface area contributed by atoms with Gasteiger partial charge in [0.25, 0.3) is 0 Å². The van der Waals surface area contributed by atoms with E-state index in [-0.39, 0.29) is 36.3 Å². The number of amides is 3. The Kier molecular flexibility index (Phi) is 7.57. The smallest absolute Gasteiger partial charge is 0.246 e. The summed E-state index contributed by atoms with van der Waals surface area (Å²) in [7, 11) is 0. The van der Waals surface area contributed by atoms with Crippen molar-refractivity contribution in [1.82, 2.24) is 15.5 Å². The van der Waals surface area contributed by atoms with Crippen molar-refractivity contribution in [3.8, 4) is 0 Å². The van der Waals surface area contributed by atoms with Crippen LogP contribution in [0.1, 0.15) is 71.3 Å². The van der Waals surface area contributed by atoms with E-state index in [9.17, 15) is 19.5 Å². The minimum atomic E-state index is -1.09. The Balaban J connectivity index is 1.54. The van der Waals surface area contributed by atoms with Crippen molar-refractivity contribution >= 4 is 17.7 Å². The van der Waals surface area contributed by atoms with E-state index < -0.39 is 35.1 Å². The predicted molar refractivity (Wildman–Crippen MR) is 143 cm³/mol. The molecule has 3 saturated heterocycles. The molecule has 4 aliphatic rings. The summed E-state index contributed by atoms with van der Waals surface area (Å²) in [5, 5.41) is 16.8. The van der Waals surface area contributed by atoms with Crippen LogP contribution in [0, 0.1) is 17.8 Å². The summed E-state index contributed by atoms with van der Waals surface area (Å²) in [6.07, 6.45) is 6.90. The van der Waals surface area contributed by atoms with Crippen LogP contribution < -0.4 is 10.6 Å². The standard InChI is InChI=1S/C30H43N3O5/c1-4-15-31-26(35)23-24-28(37)33(22(18-34)16-20-11-7-5-8-12-20)25(27(36)32-21-13-9-6-10-14-21)30(24)17-19(2)29(23,3)38-30/h5,7-8,11-12,19,21-25,34H,4,6,9-10,13-18H2,1-3H3,(H,31,35)(H,32,36)/t19?,22-,23-,24+,25?,29+,30?/m1/s1. The van der Waals surface area contributed by atoms with Crippen molar-refractivity contribution in [1.29, 1.82) is 0 Å². The van der Waals surface area contributed by atoms with Gasteiger partial charge in [0.15, 0.2) is 0 Å². The van der Waals surface area contributed by atoms with Crippen molar-refractivity contribution in [3.05, 3.63) is 35.9 Å². The third-order valence-electron chi connectivity index (χ3n) is 9.70. The molecule has 8 heteroatoms. The average Bonchev–Trinajstić information content (AvgIpc) is 3.43. The van der Waals surface area contributed by atoms with Crippen LogP contribution in [0.3, 0.4) is 0 Å². The first kappa shape index (κ1) is 27.1. The highest BCUT2D eigenvalue weighted by molar-refractivity contribution is 5.99. The van der Waals surface area contributed by atoms with Crippen LogP contribution in [0.5, 0.6) is 0 Å². The molecule has 1 saturated carbocycles. The van der Waals surface area contributed by atoms with Crippen molar-refractivity contribution in [2.45, 2.75) is 101 Å². The molecule has 3 N–H and O–H groups in total. The Morgan fingerprint density at radius 2 is 1.87 bits per heavy atom. The van der Waals surface area contributed by atoms with Gasteiger partial charge < -0.3 is 25.4 Å². The maximum Gasteiger partial charge on any atom is 0.246 e. The summed E-state index contributed by atoms with van der Waals surface area (Å²) in [4.78, 5) is 43.7. The molecule has 0 aromatic heterocycles. The molecule has 7 atom stereocenters. The largest absolute Gasteiger partial charge is 0.394 e. The third kappa shape index (κ3) is 4.34. The van der Waals surface area contributed by atoms with Crippen LogP contribution in [0.25, 0.3) is 0 Å². The van der Waals surface area contributed by atoms with Crippen LogP contribution in [0.4, 0.5) is 0 Å². The lowest BCUT2D eigenvalue weighted by Gasteiger charge is -2.38. The number of carbonyl (C=O) groups is 3. The van der Waals surface area contributed by atoms with Gasteiger partial charge in [-0.25, -0.2) is 0 Å². The Morgan fingerprint density at radius 1 is 1.16 bits per heavy atom. The second-order valence-electron chi connectivity index (χ2n) is 12.1. The predicted octanol–water partition coefficient (Wildman–Crippen LogP) is 2.58. The number of aliphatic hydroxyl groups excluding tert-OH is 1. The van der Waals surface area contributed by atoms with E-state index >= 15 is 0 Å². The lowest BCUT2D eigenvalue weighted by Crippen LogP contribution is -2.59. The summed E-state index contributed by atoms with van der Waals surface area (Å²) >= 11 is 0. The quantitative estimate of drug-likeness (QED) is 0.459. The van der Waals surface area contributed by atoms with Gasteiger partial charge in [-0.1, -0.05) is 63.4 Å². The van der Waals surface area contributed by atoms with Crippen LogP contribution >= 0.6 is 0 Å². The van der Waals surface area contributed by atoms with Crippen molar-refractivity contribution in [3.63, 3.8) is 0 Å². The lowest BCUT2D eigenvalue weighted by atomic mass is 9.62. The molecule has 208 valence electrons. The zero-order valence-electron chi connectivity index (χ0n) is 22.9. The minimum Gasteiger partial charge on any atom is -0.394 e. The normalized spacial score (nSPS) is 35.3. The molecule has 5 rings (SSSR count). The van der Waals surface area contributed by atoms with Gasteiger partial charge in [-0.2, -0.15) is 0 Å². The number of fused-ring (bicyclic) bond motifs is 1. The Labute approximate surface area is 225 Å². The number of likely N-dealkylation sites (tertiary alicyclic amines) is 1. The number of rotatable bonds is 9. The molecule has 3 heterocycles. The molecule has 1 aromatic rings. The van der Waals surface area contributed by atoms with Crippen LogP contribution in [-0.2, 0) is 25.5 Å². The van der Waals surface area contributed by atoms with Gasteiger partial charge in [0.2, 0.25) is 17.7 Å². The van der Waals surface area contributed by atoms with Gasteiger partial charge >= 0.3 is 0 Å². The molecule has 0 radical (unpaired) electrons. The van der Waals surface area contributed by atoms with Gasteiger partial charge in [-0.05, 0) is 50.5 Å². The van der Waals surface area contributed by atoms with Gasteiger partial charge in [0.05, 0.1) is 30.1 Å². The maximum atomic E-state index is 14.4. The Bertz CT molecular complexity index is 1040. The van der Waals surface area contributed by atoms with Gasteiger partial charge in [0, 0.05) is 12.6 Å². The van der Waals surface area contributed by atoms with E-state index in [1.54, 1.807) is 4.90 Å². The van der Waals surface area contributed by atoms with E-state index in [0.29, 0.717) is 19.4 Å². The van der Waals surface area contributed by atoms with Crippen LogP contribution in [-0.4, -0.2) is 70.2 Å². The molecule has 3 amide bonds. The number of benzene rings is 1. The number of nitrogens with one attached hydrogen (secondary N) is 2. The fourth-order valence-electron chi connectivity index (χ4n) is 7.79. The zero-order valence-corrected chi connectivity index (χ0v) is 22.9. The van der Waals surface area contributed by atoms with Crippen LogP contribution in [0.2, 0.25) is 0 Å². The fourth-order valence-corrected chi connectivity index (χ4v) is 7.79. The molecular weight excluding hydrogens is 482 g/mol. The number of nitrogens with zero attached hydrogens (tertiary/aromatic N) is 1. The molecule has 3 unspecified atom stereocenters. The number of hydrogen-bond acceptors (Lipinski definition) is 5. The minimum absolute atomic E-state index is 0.00411. The second kappa shape index (κ2) is 10.6. The van der Waals surface area contributed by atoms with E-state index in [0.717, 1.165) is 37.7 Å². The molecule has 3 aliphatic heterocycles. The Hall–Kier alpha value is -2.45. The summed E-state index contributed by atoms with van der Waals surface area (Å²) in [6, 6.07) is 8.29. The van der Waals surface area contributed by atoms with Crippen LogP contribution in [0.15, 0.2) is 30.3 Å². The average molecular weight is 526 g/mol. The highest BCUT2D eigenvalue weighted by Crippen LogP contribution is 2.65. The molecule has 2 bridgehead atoms. The fraction of sp³-hybridized carbons (Fsp3) is 0.700. The number of ether oxygens (including phenoxy) is 1. The van der Waals surface area contributed by atoms with E-state index in [1.807, 2.05) is 44.2 Å². The third-order valence-corrected chi connectivity index (χ3v) is 9.70. The molecule has 38 heavy (non-hydrogen) atoms. The molecule has 1 spiro atoms. The van der Waals surface area contributed by atoms with Crippen molar-refractivity contribution < 1.29 is 24.2 Å². The Morgan fingerprint density at radius 3 is 2.53 bits per heavy atom. The lowest BCUT2D eigenvalue weighted by molar-refractivity contribution is -0.151. The molecule has 4 fully saturated rings.